The Hall–Kier alpha value is -2.29. The van der Waals surface area contributed by atoms with Gasteiger partial charge in [0.05, 0.1) is 0 Å². The molecule has 3 nitrogen and oxygen atoms in total. The van der Waals surface area contributed by atoms with Gasteiger partial charge in [-0.05, 0) is 36.8 Å². The van der Waals surface area contributed by atoms with Crippen LogP contribution in [0.5, 0.6) is 0 Å². The van der Waals surface area contributed by atoms with Gasteiger partial charge in [0, 0.05) is 68.9 Å². The molecule has 0 aliphatic heterocycles. The van der Waals surface area contributed by atoms with Crippen molar-refractivity contribution >= 4 is 33.2 Å². The zero-order valence-corrected chi connectivity index (χ0v) is 24.0. The summed E-state index contributed by atoms with van der Waals surface area (Å²) in [7, 11) is 8.52. The summed E-state index contributed by atoms with van der Waals surface area (Å²) < 4.78 is 2.57. The second-order valence-electron chi connectivity index (χ2n) is 11.2. The van der Waals surface area contributed by atoms with Gasteiger partial charge in [0.2, 0.25) is 11.0 Å². The lowest BCUT2D eigenvalue weighted by atomic mass is 10.0. The predicted molar refractivity (Wildman–Crippen MR) is 161 cm³/mol. The fourth-order valence-electron chi connectivity index (χ4n) is 5.33. The molecule has 0 radical (unpaired) electrons. The molecule has 0 N–H and O–H groups in total. The van der Waals surface area contributed by atoms with Crippen LogP contribution in [0.1, 0.15) is 96.8 Å². The van der Waals surface area contributed by atoms with Gasteiger partial charge < -0.3 is 9.80 Å². The van der Waals surface area contributed by atoms with Crippen molar-refractivity contribution < 1.29 is 4.57 Å². The van der Waals surface area contributed by atoms with E-state index in [2.05, 4.69) is 91.9 Å². The quantitative estimate of drug-likeness (QED) is 0.106. The summed E-state index contributed by atoms with van der Waals surface area (Å²) in [5, 5.41) is 2.66. The number of nitrogens with zero attached hydrogens (tertiary/aromatic N) is 3. The Labute approximate surface area is 221 Å². The smallest absolute Gasteiger partial charge is 0.215 e. The first-order valence-corrected chi connectivity index (χ1v) is 14.8. The van der Waals surface area contributed by atoms with E-state index in [1.54, 1.807) is 0 Å². The molecule has 0 aliphatic rings. The van der Waals surface area contributed by atoms with Gasteiger partial charge in [0.25, 0.3) is 0 Å². The van der Waals surface area contributed by atoms with Crippen LogP contribution in [-0.4, -0.2) is 28.2 Å². The Kier molecular flexibility index (Phi) is 11.8. The Bertz CT molecular complexity index is 988. The van der Waals surface area contributed by atoms with E-state index in [-0.39, 0.29) is 0 Å². The molecule has 0 atom stereocenters. The van der Waals surface area contributed by atoms with E-state index in [0.29, 0.717) is 0 Å². The van der Waals surface area contributed by atoms with Crippen LogP contribution in [-0.2, 0) is 6.54 Å². The van der Waals surface area contributed by atoms with Crippen molar-refractivity contribution in [1.29, 1.82) is 0 Å². The van der Waals surface area contributed by atoms with Crippen molar-refractivity contribution in [2.24, 2.45) is 0 Å². The van der Waals surface area contributed by atoms with E-state index >= 15 is 0 Å². The maximum absolute atomic E-state index is 2.57. The number of benzene rings is 2. The van der Waals surface area contributed by atoms with Gasteiger partial charge in [-0.3, -0.25) is 0 Å². The standard InChI is InChI=1S/C33H52N3/c1-6-7-8-9-10-11-12-13-14-15-16-17-18-19-24-36-32-26-30(34(2)3)22-20-28(32)25-29-21-23-31(35(4)5)27-33(29)36/h20-23,25-27H,6-19,24H2,1-5H3/q+1. The van der Waals surface area contributed by atoms with Crippen LogP contribution in [0.15, 0.2) is 42.5 Å². The number of hydrogen-bond donors (Lipinski definition) is 0. The minimum absolute atomic E-state index is 1.08. The predicted octanol–water partition coefficient (Wildman–Crippen LogP) is 8.89. The summed E-state index contributed by atoms with van der Waals surface area (Å²) in [5.74, 6) is 0. The van der Waals surface area contributed by atoms with Gasteiger partial charge in [-0.2, -0.15) is 4.57 Å². The van der Waals surface area contributed by atoms with Gasteiger partial charge >= 0.3 is 0 Å². The van der Waals surface area contributed by atoms with E-state index in [4.69, 9.17) is 0 Å². The number of fused-ring (bicyclic) bond motifs is 2. The van der Waals surface area contributed by atoms with Gasteiger partial charge in [-0.1, -0.05) is 84.0 Å². The fraction of sp³-hybridized carbons (Fsp3) is 0.606. The second kappa shape index (κ2) is 15.1. The van der Waals surface area contributed by atoms with Crippen LogP contribution in [0.4, 0.5) is 11.4 Å². The second-order valence-corrected chi connectivity index (χ2v) is 11.2. The third-order valence-electron chi connectivity index (χ3n) is 7.69. The third kappa shape index (κ3) is 8.39. The number of anilines is 2. The summed E-state index contributed by atoms with van der Waals surface area (Å²) in [6.45, 7) is 3.38. The molecular weight excluding hydrogens is 438 g/mol. The van der Waals surface area contributed by atoms with Gasteiger partial charge in [0.15, 0.2) is 0 Å². The third-order valence-corrected chi connectivity index (χ3v) is 7.69. The molecule has 0 saturated heterocycles. The molecule has 3 heteroatoms. The first-order chi connectivity index (χ1) is 17.5. The highest BCUT2D eigenvalue weighted by atomic mass is 15.1. The van der Waals surface area contributed by atoms with Crippen LogP contribution in [0.2, 0.25) is 0 Å². The van der Waals surface area contributed by atoms with Crippen molar-refractivity contribution in [3.63, 3.8) is 0 Å². The average molecular weight is 491 g/mol. The lowest BCUT2D eigenvalue weighted by Gasteiger charge is -2.15. The summed E-state index contributed by atoms with van der Waals surface area (Å²) in [5.41, 5.74) is 5.22. The first-order valence-electron chi connectivity index (χ1n) is 14.8. The highest BCUT2D eigenvalue weighted by Gasteiger charge is 2.17. The number of rotatable bonds is 17. The van der Waals surface area contributed by atoms with Crippen LogP contribution in [0.25, 0.3) is 21.8 Å². The molecule has 1 heterocycles. The monoisotopic (exact) mass is 490 g/mol. The van der Waals surface area contributed by atoms with Crippen LogP contribution < -0.4 is 14.4 Å². The van der Waals surface area contributed by atoms with E-state index in [0.717, 1.165) is 6.54 Å². The molecule has 0 fully saturated rings. The molecule has 0 spiro atoms. The average Bonchev–Trinajstić information content (AvgIpc) is 2.87. The van der Waals surface area contributed by atoms with Crippen molar-refractivity contribution in [2.45, 2.75) is 103 Å². The van der Waals surface area contributed by atoms with E-state index < -0.39 is 0 Å². The van der Waals surface area contributed by atoms with Crippen LogP contribution in [0.3, 0.4) is 0 Å². The van der Waals surface area contributed by atoms with Crippen molar-refractivity contribution in [1.82, 2.24) is 0 Å². The Morgan fingerprint density at radius 1 is 0.500 bits per heavy atom. The molecule has 0 amide bonds. The number of unbranched alkanes of at least 4 members (excludes halogenated alkanes) is 13. The minimum atomic E-state index is 1.08. The molecule has 36 heavy (non-hydrogen) atoms. The molecule has 2 aromatic carbocycles. The fourth-order valence-corrected chi connectivity index (χ4v) is 5.33. The molecular formula is C33H52N3+. The molecule has 3 aromatic rings. The SMILES string of the molecule is CCCCCCCCCCCCCCCC[n+]1c2cc(N(C)C)ccc2cc2ccc(N(C)C)cc21. The summed E-state index contributed by atoms with van der Waals surface area (Å²) in [4.78, 5) is 4.41. The van der Waals surface area contributed by atoms with Crippen molar-refractivity contribution in [2.75, 3.05) is 38.0 Å². The maximum Gasteiger partial charge on any atom is 0.215 e. The minimum Gasteiger partial charge on any atom is -0.377 e. The first kappa shape index (κ1) is 28.3. The Morgan fingerprint density at radius 3 is 1.28 bits per heavy atom. The van der Waals surface area contributed by atoms with E-state index in [9.17, 15) is 0 Å². The van der Waals surface area contributed by atoms with Crippen LogP contribution >= 0.6 is 0 Å². The summed E-state index contributed by atoms with van der Waals surface area (Å²) >= 11 is 0. The molecule has 0 bridgehead atoms. The summed E-state index contributed by atoms with van der Waals surface area (Å²) in [6, 6.07) is 16.1. The van der Waals surface area contributed by atoms with Crippen molar-refractivity contribution in [3.05, 3.63) is 42.5 Å². The molecule has 0 aliphatic carbocycles. The lowest BCUT2D eigenvalue weighted by molar-refractivity contribution is -0.645. The topological polar surface area (TPSA) is 10.4 Å². The number of aryl methyl sites for hydroxylation is 1. The lowest BCUT2D eigenvalue weighted by Crippen LogP contribution is -2.36. The molecule has 198 valence electrons. The van der Waals surface area contributed by atoms with E-state index in [1.165, 1.54) is 123 Å². The van der Waals surface area contributed by atoms with Crippen molar-refractivity contribution in [3.8, 4) is 0 Å². The van der Waals surface area contributed by atoms with Crippen LogP contribution in [0, 0.1) is 0 Å². The molecule has 0 saturated carbocycles. The highest BCUT2D eigenvalue weighted by Crippen LogP contribution is 2.25. The normalized spacial score (nSPS) is 11.5. The maximum atomic E-state index is 2.57. The number of pyridine rings is 1. The van der Waals surface area contributed by atoms with Gasteiger partial charge in [-0.15, -0.1) is 0 Å². The van der Waals surface area contributed by atoms with E-state index in [1.807, 2.05) is 0 Å². The molecule has 0 unspecified atom stereocenters. The molecule has 3 rings (SSSR count). The Morgan fingerprint density at radius 2 is 0.889 bits per heavy atom. The highest BCUT2D eigenvalue weighted by molar-refractivity contribution is 5.91. The van der Waals surface area contributed by atoms with Gasteiger partial charge in [0.1, 0.15) is 6.54 Å². The number of hydrogen-bond acceptors (Lipinski definition) is 2. The zero-order valence-electron chi connectivity index (χ0n) is 24.0. The molecule has 1 aromatic heterocycles. The zero-order chi connectivity index (χ0) is 25.8. The largest absolute Gasteiger partial charge is 0.377 e. The summed E-state index contributed by atoms with van der Waals surface area (Å²) in [6.07, 6.45) is 19.6. The Balaban J connectivity index is 1.52. The van der Waals surface area contributed by atoms with Gasteiger partial charge in [-0.25, -0.2) is 0 Å². The number of aromatic nitrogens is 1.